The zero-order valence-electron chi connectivity index (χ0n) is 16.0. The van der Waals surface area contributed by atoms with Crippen LogP contribution in [0.3, 0.4) is 0 Å². The van der Waals surface area contributed by atoms with E-state index in [-0.39, 0.29) is 5.91 Å². The van der Waals surface area contributed by atoms with Gasteiger partial charge in [0.1, 0.15) is 0 Å². The van der Waals surface area contributed by atoms with Gasteiger partial charge in [0.25, 0.3) is 5.91 Å². The molecule has 1 aliphatic carbocycles. The standard InChI is InChI=1S/C21H24N4OS/c1-4-19-22-15(13-27-19)12-24(3)21(26)20-17-6-5-7-18(17)25(23-20)16-10-8-14(2)9-11-16/h8-11,13H,4-7,12H2,1-3H3. The summed E-state index contributed by atoms with van der Waals surface area (Å²) in [5.74, 6) is -0.0231. The van der Waals surface area contributed by atoms with Crippen LogP contribution in [0.25, 0.3) is 5.69 Å². The quantitative estimate of drug-likeness (QED) is 0.673. The molecule has 0 atom stereocenters. The van der Waals surface area contributed by atoms with Gasteiger partial charge in [-0.1, -0.05) is 24.6 Å². The molecule has 0 unspecified atom stereocenters. The van der Waals surface area contributed by atoms with Crippen LogP contribution < -0.4 is 0 Å². The predicted molar refractivity (Wildman–Crippen MR) is 108 cm³/mol. The van der Waals surface area contributed by atoms with Crippen LogP contribution in [0.15, 0.2) is 29.6 Å². The lowest BCUT2D eigenvalue weighted by atomic mass is 10.2. The average Bonchev–Trinajstić information content (AvgIpc) is 3.38. The molecule has 0 N–H and O–H groups in total. The van der Waals surface area contributed by atoms with E-state index in [9.17, 15) is 4.79 Å². The summed E-state index contributed by atoms with van der Waals surface area (Å²) in [5, 5.41) is 7.87. The lowest BCUT2D eigenvalue weighted by molar-refractivity contribution is 0.0776. The van der Waals surface area contributed by atoms with Gasteiger partial charge in [0, 0.05) is 23.7 Å². The van der Waals surface area contributed by atoms with E-state index in [2.05, 4.69) is 43.1 Å². The predicted octanol–water partition coefficient (Wildman–Crippen LogP) is 3.96. The van der Waals surface area contributed by atoms with Crippen molar-refractivity contribution in [2.45, 2.75) is 46.1 Å². The molecule has 1 aliphatic rings. The van der Waals surface area contributed by atoms with Crippen LogP contribution in [-0.2, 0) is 25.8 Å². The van der Waals surface area contributed by atoms with Crippen molar-refractivity contribution in [3.05, 3.63) is 62.9 Å². The molecule has 1 amide bonds. The molecule has 5 nitrogen and oxygen atoms in total. The van der Waals surface area contributed by atoms with Crippen molar-refractivity contribution in [2.75, 3.05) is 7.05 Å². The molecular weight excluding hydrogens is 356 g/mol. The van der Waals surface area contributed by atoms with E-state index in [4.69, 9.17) is 5.10 Å². The third kappa shape index (κ3) is 3.41. The Kier molecular flexibility index (Phi) is 4.83. The number of thiazole rings is 1. The molecule has 3 aromatic rings. The lowest BCUT2D eigenvalue weighted by Crippen LogP contribution is -2.27. The number of rotatable bonds is 5. The van der Waals surface area contributed by atoms with Gasteiger partial charge in [-0.05, 0) is 44.7 Å². The van der Waals surface area contributed by atoms with Crippen LogP contribution >= 0.6 is 11.3 Å². The monoisotopic (exact) mass is 380 g/mol. The van der Waals surface area contributed by atoms with Crippen molar-refractivity contribution < 1.29 is 4.79 Å². The van der Waals surface area contributed by atoms with Crippen molar-refractivity contribution in [3.63, 3.8) is 0 Å². The second-order valence-corrected chi connectivity index (χ2v) is 8.06. The van der Waals surface area contributed by atoms with Gasteiger partial charge in [-0.3, -0.25) is 4.79 Å². The highest BCUT2D eigenvalue weighted by Crippen LogP contribution is 2.29. The zero-order valence-corrected chi connectivity index (χ0v) is 16.8. The SMILES string of the molecule is CCc1nc(CN(C)C(=O)c2nn(-c3ccc(C)cc3)c3c2CCC3)cs1. The van der Waals surface area contributed by atoms with E-state index in [0.29, 0.717) is 12.2 Å². The minimum Gasteiger partial charge on any atom is -0.334 e. The normalized spacial score (nSPS) is 13.0. The van der Waals surface area contributed by atoms with Crippen molar-refractivity contribution in [2.24, 2.45) is 0 Å². The molecule has 0 radical (unpaired) electrons. The highest BCUT2D eigenvalue weighted by Gasteiger charge is 2.28. The Morgan fingerprint density at radius 3 is 2.74 bits per heavy atom. The Bertz CT molecular complexity index is 971. The van der Waals surface area contributed by atoms with Crippen LogP contribution in [0.2, 0.25) is 0 Å². The third-order valence-electron chi connectivity index (χ3n) is 5.06. The summed E-state index contributed by atoms with van der Waals surface area (Å²) in [4.78, 5) is 19.4. The molecule has 4 rings (SSSR count). The van der Waals surface area contributed by atoms with Crippen LogP contribution in [0.5, 0.6) is 0 Å². The van der Waals surface area contributed by atoms with Gasteiger partial charge in [0.2, 0.25) is 0 Å². The third-order valence-corrected chi connectivity index (χ3v) is 6.10. The summed E-state index contributed by atoms with van der Waals surface area (Å²) in [7, 11) is 1.83. The lowest BCUT2D eigenvalue weighted by Gasteiger charge is -2.15. The molecule has 27 heavy (non-hydrogen) atoms. The number of benzene rings is 1. The molecule has 0 bridgehead atoms. The van der Waals surface area contributed by atoms with E-state index in [1.807, 2.05) is 17.1 Å². The molecule has 1 aromatic carbocycles. The maximum absolute atomic E-state index is 13.1. The number of amides is 1. The van der Waals surface area contributed by atoms with Crippen molar-refractivity contribution in [1.29, 1.82) is 0 Å². The molecule has 6 heteroatoms. The van der Waals surface area contributed by atoms with E-state index < -0.39 is 0 Å². The maximum Gasteiger partial charge on any atom is 0.274 e. The van der Waals surface area contributed by atoms with Gasteiger partial charge in [-0.2, -0.15) is 5.10 Å². The average molecular weight is 381 g/mol. The molecule has 0 saturated carbocycles. The van der Waals surface area contributed by atoms with Gasteiger partial charge in [0.05, 0.1) is 22.9 Å². The second kappa shape index (κ2) is 7.27. The first-order valence-electron chi connectivity index (χ1n) is 9.43. The largest absolute Gasteiger partial charge is 0.334 e. The summed E-state index contributed by atoms with van der Waals surface area (Å²) in [6, 6.07) is 8.31. The zero-order chi connectivity index (χ0) is 19.0. The Morgan fingerprint density at radius 1 is 1.26 bits per heavy atom. The Hall–Kier alpha value is -2.47. The first-order chi connectivity index (χ1) is 13.1. The van der Waals surface area contributed by atoms with Crippen molar-refractivity contribution >= 4 is 17.2 Å². The van der Waals surface area contributed by atoms with Crippen molar-refractivity contribution in [3.8, 4) is 5.69 Å². The summed E-state index contributed by atoms with van der Waals surface area (Å²) < 4.78 is 1.96. The molecular formula is C21H24N4OS. The molecule has 0 fully saturated rings. The number of fused-ring (bicyclic) bond motifs is 1. The topological polar surface area (TPSA) is 51.0 Å². The molecule has 2 heterocycles. The molecule has 0 saturated heterocycles. The van der Waals surface area contributed by atoms with Gasteiger partial charge in [0.15, 0.2) is 5.69 Å². The number of hydrogen-bond donors (Lipinski definition) is 0. The first-order valence-corrected chi connectivity index (χ1v) is 10.3. The maximum atomic E-state index is 13.1. The molecule has 0 spiro atoms. The number of nitrogens with zero attached hydrogens (tertiary/aromatic N) is 4. The van der Waals surface area contributed by atoms with Gasteiger partial charge in [-0.25, -0.2) is 9.67 Å². The Balaban J connectivity index is 1.62. The smallest absolute Gasteiger partial charge is 0.274 e. The van der Waals surface area contributed by atoms with Gasteiger partial charge >= 0.3 is 0 Å². The molecule has 140 valence electrons. The summed E-state index contributed by atoms with van der Waals surface area (Å²) >= 11 is 1.65. The number of hydrogen-bond acceptors (Lipinski definition) is 4. The van der Waals surface area contributed by atoms with Crippen LogP contribution in [0, 0.1) is 6.92 Å². The van der Waals surface area contributed by atoms with Crippen molar-refractivity contribution in [1.82, 2.24) is 19.7 Å². The molecule has 0 aliphatic heterocycles. The first kappa shape index (κ1) is 17.9. The van der Waals surface area contributed by atoms with E-state index >= 15 is 0 Å². The van der Waals surface area contributed by atoms with Gasteiger partial charge in [-0.15, -0.1) is 11.3 Å². The fourth-order valence-corrected chi connectivity index (χ4v) is 4.32. The highest BCUT2D eigenvalue weighted by atomic mass is 32.1. The summed E-state index contributed by atoms with van der Waals surface area (Å²) in [6.45, 7) is 4.68. The van der Waals surface area contributed by atoms with Gasteiger partial charge < -0.3 is 4.90 Å². The minimum absolute atomic E-state index is 0.0231. The fraction of sp³-hybridized carbons (Fsp3) is 0.381. The highest BCUT2D eigenvalue weighted by molar-refractivity contribution is 7.09. The number of carbonyl (C=O) groups excluding carboxylic acids is 1. The van der Waals surface area contributed by atoms with Crippen LogP contribution in [0.1, 0.15) is 51.4 Å². The fourth-order valence-electron chi connectivity index (χ4n) is 3.59. The van der Waals surface area contributed by atoms with E-state index in [1.54, 1.807) is 16.2 Å². The van der Waals surface area contributed by atoms with Crippen LogP contribution in [-0.4, -0.2) is 32.6 Å². The number of carbonyl (C=O) groups is 1. The Labute approximate surface area is 163 Å². The number of aryl methyl sites for hydroxylation is 2. The molecule has 2 aromatic heterocycles. The minimum atomic E-state index is -0.0231. The van der Waals surface area contributed by atoms with Crippen LogP contribution in [0.4, 0.5) is 0 Å². The van der Waals surface area contributed by atoms with E-state index in [0.717, 1.165) is 47.6 Å². The summed E-state index contributed by atoms with van der Waals surface area (Å²) in [5.41, 5.74) is 6.07. The van der Waals surface area contributed by atoms with E-state index in [1.165, 1.54) is 11.3 Å². The second-order valence-electron chi connectivity index (χ2n) is 7.12. The Morgan fingerprint density at radius 2 is 2.04 bits per heavy atom. The summed E-state index contributed by atoms with van der Waals surface area (Å²) in [6.07, 6.45) is 3.90. The number of aromatic nitrogens is 3.